The van der Waals surface area contributed by atoms with E-state index in [1.807, 2.05) is 24.3 Å². The Hall–Kier alpha value is -1.06. The van der Waals surface area contributed by atoms with Crippen molar-refractivity contribution in [3.8, 4) is 0 Å². The lowest BCUT2D eigenvalue weighted by Crippen LogP contribution is -2.44. The van der Waals surface area contributed by atoms with Crippen LogP contribution in [0.4, 0.5) is 5.69 Å². The molecule has 0 radical (unpaired) electrons. The molecule has 1 saturated carbocycles. The van der Waals surface area contributed by atoms with E-state index in [0.29, 0.717) is 12.1 Å². The van der Waals surface area contributed by atoms with E-state index in [-0.39, 0.29) is 6.61 Å². The summed E-state index contributed by atoms with van der Waals surface area (Å²) in [6.45, 7) is 0.0969. The van der Waals surface area contributed by atoms with Gasteiger partial charge in [-0.2, -0.15) is 0 Å². The average molecular weight is 192 g/mol. The third-order valence-electron chi connectivity index (χ3n) is 2.65. The molecule has 0 bridgehead atoms. The highest BCUT2D eigenvalue weighted by atomic mass is 16.3. The molecule has 76 valence electrons. The highest BCUT2D eigenvalue weighted by Crippen LogP contribution is 2.22. The van der Waals surface area contributed by atoms with Crippen molar-refractivity contribution in [2.45, 2.75) is 31.5 Å². The Morgan fingerprint density at radius 3 is 2.86 bits per heavy atom. The van der Waals surface area contributed by atoms with Gasteiger partial charge in [0.05, 0.1) is 6.61 Å². The number of anilines is 1. The Bertz CT molecular complexity index is 308. The van der Waals surface area contributed by atoms with Crippen LogP contribution in [0.15, 0.2) is 24.3 Å². The molecular formula is C11H16N2O. The van der Waals surface area contributed by atoms with Gasteiger partial charge in [-0.25, -0.2) is 0 Å². The smallest absolute Gasteiger partial charge is 0.0682 e. The van der Waals surface area contributed by atoms with Crippen LogP contribution in [0.2, 0.25) is 0 Å². The van der Waals surface area contributed by atoms with Gasteiger partial charge < -0.3 is 16.2 Å². The molecule has 14 heavy (non-hydrogen) atoms. The summed E-state index contributed by atoms with van der Waals surface area (Å²) in [5.74, 6) is 0. The lowest BCUT2D eigenvalue weighted by atomic mass is 9.87. The van der Waals surface area contributed by atoms with E-state index in [1.54, 1.807) is 0 Å². The summed E-state index contributed by atoms with van der Waals surface area (Å²) in [7, 11) is 0. The summed E-state index contributed by atoms with van der Waals surface area (Å²) in [6, 6.07) is 8.74. The number of rotatable bonds is 3. The quantitative estimate of drug-likeness (QED) is 0.671. The first-order chi connectivity index (χ1) is 6.78. The molecule has 0 aliphatic heterocycles. The number of nitrogens with one attached hydrogen (secondary N) is 1. The third-order valence-corrected chi connectivity index (χ3v) is 2.65. The first kappa shape index (κ1) is 9.49. The number of hydrogen-bond acceptors (Lipinski definition) is 3. The van der Waals surface area contributed by atoms with Gasteiger partial charge in [0.25, 0.3) is 0 Å². The zero-order valence-electron chi connectivity index (χ0n) is 8.11. The van der Waals surface area contributed by atoms with Crippen molar-refractivity contribution in [2.24, 2.45) is 5.73 Å². The van der Waals surface area contributed by atoms with E-state index >= 15 is 0 Å². The number of hydrogen-bond donors (Lipinski definition) is 3. The van der Waals surface area contributed by atoms with Crippen molar-refractivity contribution in [2.75, 3.05) is 5.32 Å². The standard InChI is InChI=1S/C11H16N2O/c12-9-5-11(6-9)13-10-3-1-2-8(4-10)7-14/h1-4,9,11,13-14H,5-7,12H2. The second kappa shape index (κ2) is 3.98. The summed E-state index contributed by atoms with van der Waals surface area (Å²) in [4.78, 5) is 0. The maximum Gasteiger partial charge on any atom is 0.0682 e. The maximum atomic E-state index is 8.96. The summed E-state index contributed by atoms with van der Waals surface area (Å²) in [6.07, 6.45) is 2.09. The first-order valence-corrected chi connectivity index (χ1v) is 5.00. The molecule has 1 aliphatic rings. The molecule has 1 aliphatic carbocycles. The Morgan fingerprint density at radius 2 is 2.21 bits per heavy atom. The van der Waals surface area contributed by atoms with Gasteiger partial charge in [0.1, 0.15) is 0 Å². The van der Waals surface area contributed by atoms with Gasteiger partial charge in [-0.3, -0.25) is 0 Å². The van der Waals surface area contributed by atoms with E-state index in [2.05, 4.69) is 5.32 Å². The summed E-state index contributed by atoms with van der Waals surface area (Å²) >= 11 is 0. The molecule has 0 aromatic heterocycles. The molecule has 0 saturated heterocycles. The van der Waals surface area contributed by atoms with Crippen molar-refractivity contribution < 1.29 is 5.11 Å². The molecule has 3 nitrogen and oxygen atoms in total. The molecule has 0 spiro atoms. The predicted molar refractivity (Wildman–Crippen MR) is 57.0 cm³/mol. The van der Waals surface area contributed by atoms with E-state index in [1.165, 1.54) is 0 Å². The molecule has 0 amide bonds. The minimum atomic E-state index is 0.0969. The van der Waals surface area contributed by atoms with Crippen molar-refractivity contribution in [3.05, 3.63) is 29.8 Å². The van der Waals surface area contributed by atoms with Crippen LogP contribution in [0.3, 0.4) is 0 Å². The van der Waals surface area contributed by atoms with Crippen LogP contribution < -0.4 is 11.1 Å². The topological polar surface area (TPSA) is 58.3 Å². The fourth-order valence-corrected chi connectivity index (χ4v) is 1.77. The number of aliphatic hydroxyl groups excluding tert-OH is 1. The van der Waals surface area contributed by atoms with Crippen LogP contribution in [0.1, 0.15) is 18.4 Å². The maximum absolute atomic E-state index is 8.96. The largest absolute Gasteiger partial charge is 0.392 e. The minimum Gasteiger partial charge on any atom is -0.392 e. The Kier molecular flexibility index (Phi) is 2.70. The molecule has 4 N–H and O–H groups in total. The molecule has 1 aromatic rings. The fourth-order valence-electron chi connectivity index (χ4n) is 1.77. The van der Waals surface area contributed by atoms with Crippen LogP contribution >= 0.6 is 0 Å². The molecule has 0 unspecified atom stereocenters. The van der Waals surface area contributed by atoms with Gasteiger partial charge >= 0.3 is 0 Å². The molecule has 1 fully saturated rings. The van der Waals surface area contributed by atoms with Crippen molar-refractivity contribution >= 4 is 5.69 Å². The zero-order chi connectivity index (χ0) is 9.97. The zero-order valence-corrected chi connectivity index (χ0v) is 8.11. The second-order valence-corrected chi connectivity index (χ2v) is 3.93. The average Bonchev–Trinajstić information content (AvgIpc) is 2.16. The molecule has 2 rings (SSSR count). The first-order valence-electron chi connectivity index (χ1n) is 5.00. The summed E-state index contributed by atoms with van der Waals surface area (Å²) in [5, 5.41) is 12.4. The predicted octanol–water partition coefficient (Wildman–Crippen LogP) is 1.08. The lowest BCUT2D eigenvalue weighted by Gasteiger charge is -2.33. The molecule has 0 heterocycles. The van der Waals surface area contributed by atoms with Crippen molar-refractivity contribution in [1.29, 1.82) is 0 Å². The SMILES string of the molecule is NC1CC(Nc2cccc(CO)c2)C1. The van der Waals surface area contributed by atoms with Gasteiger partial charge in [0, 0.05) is 17.8 Å². The van der Waals surface area contributed by atoms with Crippen molar-refractivity contribution in [3.63, 3.8) is 0 Å². The van der Waals surface area contributed by atoms with Crippen molar-refractivity contribution in [1.82, 2.24) is 0 Å². The van der Waals surface area contributed by atoms with Crippen LogP contribution in [-0.4, -0.2) is 17.2 Å². The Labute approximate surface area is 83.9 Å². The summed E-state index contributed by atoms with van der Waals surface area (Å²) in [5.41, 5.74) is 7.72. The minimum absolute atomic E-state index is 0.0969. The van der Waals surface area contributed by atoms with E-state index in [0.717, 1.165) is 24.1 Å². The Balaban J connectivity index is 1.95. The normalized spacial score (nSPS) is 25.6. The van der Waals surface area contributed by atoms with Crippen LogP contribution in [0.5, 0.6) is 0 Å². The lowest BCUT2D eigenvalue weighted by molar-refractivity contribution is 0.282. The number of aliphatic hydroxyl groups is 1. The van der Waals surface area contributed by atoms with Crippen LogP contribution in [0, 0.1) is 0 Å². The second-order valence-electron chi connectivity index (χ2n) is 3.93. The van der Waals surface area contributed by atoms with Gasteiger partial charge in [-0.1, -0.05) is 12.1 Å². The van der Waals surface area contributed by atoms with E-state index < -0.39 is 0 Å². The monoisotopic (exact) mass is 192 g/mol. The molecular weight excluding hydrogens is 176 g/mol. The highest BCUT2D eigenvalue weighted by Gasteiger charge is 2.25. The van der Waals surface area contributed by atoms with E-state index in [9.17, 15) is 0 Å². The molecule has 1 aromatic carbocycles. The van der Waals surface area contributed by atoms with Crippen LogP contribution in [-0.2, 0) is 6.61 Å². The van der Waals surface area contributed by atoms with Crippen LogP contribution in [0.25, 0.3) is 0 Å². The number of nitrogens with two attached hydrogens (primary N) is 1. The molecule has 3 heteroatoms. The van der Waals surface area contributed by atoms with E-state index in [4.69, 9.17) is 10.8 Å². The van der Waals surface area contributed by atoms with Gasteiger partial charge in [0.15, 0.2) is 0 Å². The highest BCUT2D eigenvalue weighted by molar-refractivity contribution is 5.46. The van der Waals surface area contributed by atoms with Gasteiger partial charge in [0.2, 0.25) is 0 Å². The van der Waals surface area contributed by atoms with Gasteiger partial charge in [-0.15, -0.1) is 0 Å². The number of benzene rings is 1. The third kappa shape index (κ3) is 2.05. The fraction of sp³-hybridized carbons (Fsp3) is 0.455. The Morgan fingerprint density at radius 1 is 1.43 bits per heavy atom. The summed E-state index contributed by atoms with van der Waals surface area (Å²) < 4.78 is 0. The molecule has 0 atom stereocenters. The van der Waals surface area contributed by atoms with Gasteiger partial charge in [-0.05, 0) is 30.5 Å².